The number of hydrogen-bond donors (Lipinski definition) is 0. The molecular weight excluding hydrogens is 262 g/mol. The number of ether oxygens (including phenoxy) is 1. The highest BCUT2D eigenvalue weighted by atomic mass is 16.5. The van der Waals surface area contributed by atoms with Crippen LogP contribution in [0.1, 0.15) is 61.3 Å². The normalized spacial score (nSPS) is 22.7. The molecule has 0 aromatic rings. The molecule has 1 amide bonds. The van der Waals surface area contributed by atoms with E-state index in [1.807, 2.05) is 0 Å². The number of carbonyl (C=O) groups is 1. The average molecular weight is 297 g/mol. The van der Waals surface area contributed by atoms with E-state index in [0.717, 1.165) is 26.1 Å². The highest BCUT2D eigenvalue weighted by Gasteiger charge is 2.37. The number of hydrogen-bond acceptors (Lipinski definition) is 2. The number of carbonyl (C=O) groups excluding carboxylic acids is 1. The van der Waals surface area contributed by atoms with Crippen LogP contribution in [0.3, 0.4) is 0 Å². The molecular formula is C18H35NO2. The first-order valence-electron chi connectivity index (χ1n) is 8.67. The summed E-state index contributed by atoms with van der Waals surface area (Å²) in [4.78, 5) is 15.4. The van der Waals surface area contributed by atoms with E-state index >= 15 is 0 Å². The lowest BCUT2D eigenvalue weighted by atomic mass is 9.78. The van der Waals surface area contributed by atoms with Gasteiger partial charge < -0.3 is 9.64 Å². The standard InChI is InChI=1S/C18H35NO2/c1-12(2)15(7)19(14(5)6)18(20)17(13(3)4)16-9-8-10-21-11-16/h12-17H,8-11H2,1-7H3/t15-,16?,17?/m0/s1. The zero-order valence-corrected chi connectivity index (χ0v) is 15.1. The number of nitrogens with zero attached hydrogens (tertiary/aromatic N) is 1. The first-order valence-corrected chi connectivity index (χ1v) is 8.67. The predicted molar refractivity (Wildman–Crippen MR) is 88.2 cm³/mol. The highest BCUT2D eigenvalue weighted by molar-refractivity contribution is 5.80. The summed E-state index contributed by atoms with van der Waals surface area (Å²) in [5, 5.41) is 0. The second kappa shape index (κ2) is 8.17. The predicted octanol–water partition coefficient (Wildman–Crippen LogP) is 3.97. The van der Waals surface area contributed by atoms with Crippen molar-refractivity contribution in [1.82, 2.24) is 4.90 Å². The third-order valence-electron chi connectivity index (χ3n) is 4.92. The van der Waals surface area contributed by atoms with Crippen molar-refractivity contribution in [2.24, 2.45) is 23.7 Å². The van der Waals surface area contributed by atoms with Gasteiger partial charge in [0, 0.05) is 24.6 Å². The van der Waals surface area contributed by atoms with E-state index in [9.17, 15) is 4.79 Å². The molecule has 1 aliphatic heterocycles. The van der Waals surface area contributed by atoms with Crippen molar-refractivity contribution in [3.05, 3.63) is 0 Å². The lowest BCUT2D eigenvalue weighted by Crippen LogP contribution is -2.51. The van der Waals surface area contributed by atoms with E-state index in [2.05, 4.69) is 53.4 Å². The van der Waals surface area contributed by atoms with Crippen LogP contribution in [0, 0.1) is 23.7 Å². The summed E-state index contributed by atoms with van der Waals surface area (Å²) in [5.74, 6) is 1.65. The first-order chi connectivity index (χ1) is 9.77. The molecule has 1 heterocycles. The van der Waals surface area contributed by atoms with Gasteiger partial charge in [-0.25, -0.2) is 0 Å². The molecule has 124 valence electrons. The fraction of sp³-hybridized carbons (Fsp3) is 0.944. The Morgan fingerprint density at radius 3 is 2.05 bits per heavy atom. The Bertz CT molecular complexity index is 319. The molecule has 1 aliphatic rings. The molecule has 0 bridgehead atoms. The minimum absolute atomic E-state index is 0.0916. The summed E-state index contributed by atoms with van der Waals surface area (Å²) in [6, 6.07) is 0.531. The maximum atomic E-state index is 13.2. The Labute approximate surface area is 131 Å². The van der Waals surface area contributed by atoms with Gasteiger partial charge in [0.05, 0.1) is 6.61 Å². The average Bonchev–Trinajstić information content (AvgIpc) is 2.39. The van der Waals surface area contributed by atoms with Gasteiger partial charge in [0.25, 0.3) is 0 Å². The Morgan fingerprint density at radius 1 is 1.05 bits per heavy atom. The van der Waals surface area contributed by atoms with Gasteiger partial charge in [0.2, 0.25) is 5.91 Å². The third kappa shape index (κ3) is 4.70. The van der Waals surface area contributed by atoms with Crippen LogP contribution in [-0.2, 0) is 9.53 Å². The van der Waals surface area contributed by atoms with Crippen molar-refractivity contribution in [1.29, 1.82) is 0 Å². The fourth-order valence-electron chi connectivity index (χ4n) is 3.50. The largest absolute Gasteiger partial charge is 0.381 e. The van der Waals surface area contributed by atoms with E-state index in [-0.39, 0.29) is 18.0 Å². The second-order valence-electron chi connectivity index (χ2n) is 7.57. The maximum Gasteiger partial charge on any atom is 0.226 e. The lowest BCUT2D eigenvalue weighted by molar-refractivity contribution is -0.146. The molecule has 1 fully saturated rings. The zero-order chi connectivity index (χ0) is 16.2. The minimum Gasteiger partial charge on any atom is -0.381 e. The van der Waals surface area contributed by atoms with Gasteiger partial charge in [-0.2, -0.15) is 0 Å². The van der Waals surface area contributed by atoms with Crippen LogP contribution in [0.15, 0.2) is 0 Å². The lowest BCUT2D eigenvalue weighted by Gasteiger charge is -2.41. The molecule has 3 heteroatoms. The maximum absolute atomic E-state index is 13.2. The smallest absolute Gasteiger partial charge is 0.226 e. The van der Waals surface area contributed by atoms with Crippen LogP contribution in [0.25, 0.3) is 0 Å². The molecule has 2 unspecified atom stereocenters. The van der Waals surface area contributed by atoms with Gasteiger partial charge >= 0.3 is 0 Å². The molecule has 0 aromatic carbocycles. The molecule has 0 radical (unpaired) electrons. The molecule has 1 saturated heterocycles. The Hall–Kier alpha value is -0.570. The Kier molecular flexibility index (Phi) is 7.19. The van der Waals surface area contributed by atoms with Gasteiger partial charge in [0.15, 0.2) is 0 Å². The van der Waals surface area contributed by atoms with Crippen LogP contribution in [0.2, 0.25) is 0 Å². The second-order valence-corrected chi connectivity index (χ2v) is 7.57. The molecule has 1 rings (SSSR count). The molecule has 3 atom stereocenters. The van der Waals surface area contributed by atoms with Gasteiger partial charge in [-0.05, 0) is 51.4 Å². The Balaban J connectivity index is 2.95. The van der Waals surface area contributed by atoms with Crippen molar-refractivity contribution < 1.29 is 9.53 Å². The SMILES string of the molecule is CC(C)C(C(=O)N(C(C)C)[C@@H](C)C(C)C)C1CCCOC1. The van der Waals surface area contributed by atoms with E-state index < -0.39 is 0 Å². The minimum atomic E-state index is 0.0916. The topological polar surface area (TPSA) is 29.5 Å². The monoisotopic (exact) mass is 297 g/mol. The van der Waals surface area contributed by atoms with E-state index in [1.165, 1.54) is 0 Å². The molecule has 21 heavy (non-hydrogen) atoms. The highest BCUT2D eigenvalue weighted by Crippen LogP contribution is 2.31. The summed E-state index contributed by atoms with van der Waals surface area (Å²) in [7, 11) is 0. The van der Waals surface area contributed by atoms with Gasteiger partial charge in [-0.3, -0.25) is 4.79 Å². The van der Waals surface area contributed by atoms with E-state index in [0.29, 0.717) is 23.7 Å². The summed E-state index contributed by atoms with van der Waals surface area (Å²) < 4.78 is 5.64. The van der Waals surface area contributed by atoms with Crippen molar-refractivity contribution in [3.63, 3.8) is 0 Å². The van der Waals surface area contributed by atoms with Crippen molar-refractivity contribution in [2.75, 3.05) is 13.2 Å². The van der Waals surface area contributed by atoms with Crippen molar-refractivity contribution in [3.8, 4) is 0 Å². The summed E-state index contributed by atoms with van der Waals surface area (Å²) in [5.41, 5.74) is 0. The third-order valence-corrected chi connectivity index (χ3v) is 4.92. The van der Waals surface area contributed by atoms with Crippen LogP contribution < -0.4 is 0 Å². The molecule has 0 aliphatic carbocycles. The zero-order valence-electron chi connectivity index (χ0n) is 15.1. The number of rotatable bonds is 6. The van der Waals surface area contributed by atoms with Gasteiger partial charge in [-0.15, -0.1) is 0 Å². The van der Waals surface area contributed by atoms with Crippen LogP contribution in [0.5, 0.6) is 0 Å². The molecule has 3 nitrogen and oxygen atoms in total. The molecule has 0 saturated carbocycles. The molecule has 0 spiro atoms. The van der Waals surface area contributed by atoms with Crippen LogP contribution in [-0.4, -0.2) is 36.1 Å². The van der Waals surface area contributed by atoms with E-state index in [1.54, 1.807) is 0 Å². The van der Waals surface area contributed by atoms with Crippen molar-refractivity contribution in [2.45, 2.75) is 73.4 Å². The number of amides is 1. The van der Waals surface area contributed by atoms with E-state index in [4.69, 9.17) is 4.74 Å². The molecule has 0 aromatic heterocycles. The summed E-state index contributed by atoms with van der Waals surface area (Å²) in [6.07, 6.45) is 2.21. The molecule has 0 N–H and O–H groups in total. The summed E-state index contributed by atoms with van der Waals surface area (Å²) >= 11 is 0. The Morgan fingerprint density at radius 2 is 1.67 bits per heavy atom. The van der Waals surface area contributed by atoms with Crippen LogP contribution in [0.4, 0.5) is 0 Å². The van der Waals surface area contributed by atoms with Crippen LogP contribution >= 0.6 is 0 Å². The fourth-order valence-corrected chi connectivity index (χ4v) is 3.50. The summed E-state index contributed by atoms with van der Waals surface area (Å²) in [6.45, 7) is 16.8. The van der Waals surface area contributed by atoms with Gasteiger partial charge in [0.1, 0.15) is 0 Å². The van der Waals surface area contributed by atoms with Gasteiger partial charge in [-0.1, -0.05) is 27.7 Å². The van der Waals surface area contributed by atoms with Crippen molar-refractivity contribution >= 4 is 5.91 Å². The quantitative estimate of drug-likeness (QED) is 0.742. The first kappa shape index (κ1) is 18.5.